The Morgan fingerprint density at radius 1 is 1.17 bits per heavy atom. The Morgan fingerprint density at radius 2 is 1.88 bits per heavy atom. The van der Waals surface area contributed by atoms with Gasteiger partial charge in [-0.25, -0.2) is 19.4 Å². The van der Waals surface area contributed by atoms with Gasteiger partial charge in [0.25, 0.3) is 0 Å². The van der Waals surface area contributed by atoms with Gasteiger partial charge in [-0.1, -0.05) is 30.3 Å². The smallest absolute Gasteiger partial charge is 0.347 e. The average molecular weight is 334 g/mol. The Balaban J connectivity index is 1.77. The monoisotopic (exact) mass is 334 g/mol. The number of carbonyl (C=O) groups excluding carboxylic acids is 3. The van der Waals surface area contributed by atoms with Gasteiger partial charge in [-0.15, -0.1) is 0 Å². The Kier molecular flexibility index (Phi) is 6.17. The van der Waals surface area contributed by atoms with Gasteiger partial charge in [-0.05, 0) is 24.8 Å². The van der Waals surface area contributed by atoms with Crippen LogP contribution in [-0.4, -0.2) is 54.5 Å². The topological polar surface area (TPSA) is 76.2 Å². The largest absolute Gasteiger partial charge is 0.453 e. The predicted molar refractivity (Wildman–Crippen MR) is 85.8 cm³/mol. The van der Waals surface area contributed by atoms with Crippen molar-refractivity contribution in [2.45, 2.75) is 31.7 Å². The van der Waals surface area contributed by atoms with Crippen LogP contribution in [0.25, 0.3) is 0 Å². The fourth-order valence-corrected chi connectivity index (χ4v) is 2.60. The summed E-state index contributed by atoms with van der Waals surface area (Å²) in [4.78, 5) is 47.6. The number of aryl methyl sites for hydroxylation is 1. The van der Waals surface area contributed by atoms with Crippen molar-refractivity contribution in [1.82, 2.24) is 9.80 Å². The summed E-state index contributed by atoms with van der Waals surface area (Å²) >= 11 is 0. The molecule has 1 saturated heterocycles. The molecule has 2 rings (SSSR count). The molecule has 1 atom stereocenters. The zero-order valence-electron chi connectivity index (χ0n) is 13.9. The van der Waals surface area contributed by atoms with E-state index >= 15 is 0 Å². The number of rotatable bonds is 4. The molecule has 1 aliphatic heterocycles. The first-order valence-electron chi connectivity index (χ1n) is 7.92. The zero-order chi connectivity index (χ0) is 17.5. The van der Waals surface area contributed by atoms with Crippen molar-refractivity contribution in [3.63, 3.8) is 0 Å². The fourth-order valence-electron chi connectivity index (χ4n) is 2.60. The second-order valence-electron chi connectivity index (χ2n) is 5.87. The van der Waals surface area contributed by atoms with E-state index in [0.29, 0.717) is 25.8 Å². The van der Waals surface area contributed by atoms with E-state index in [2.05, 4.69) is 9.78 Å². The molecule has 1 fully saturated rings. The molecule has 1 heterocycles. The summed E-state index contributed by atoms with van der Waals surface area (Å²) in [6.07, 6.45) is 1.09. The highest BCUT2D eigenvalue weighted by atomic mass is 17.2. The molecule has 0 bridgehead atoms. The summed E-state index contributed by atoms with van der Waals surface area (Å²) < 4.78 is 0. The predicted octanol–water partition coefficient (Wildman–Crippen LogP) is 1.77. The highest BCUT2D eigenvalue weighted by Gasteiger charge is 2.36. The molecule has 1 aromatic carbocycles. The van der Waals surface area contributed by atoms with Crippen molar-refractivity contribution in [3.05, 3.63) is 35.9 Å². The Morgan fingerprint density at radius 3 is 2.54 bits per heavy atom. The second-order valence-corrected chi connectivity index (χ2v) is 5.87. The van der Waals surface area contributed by atoms with Crippen LogP contribution in [0.2, 0.25) is 0 Å². The number of likely N-dealkylation sites (N-methyl/N-ethyl adjacent to an activating group) is 1. The van der Waals surface area contributed by atoms with E-state index in [1.54, 1.807) is 14.1 Å². The van der Waals surface area contributed by atoms with Gasteiger partial charge >= 0.3 is 12.1 Å². The molecule has 130 valence electrons. The fraction of sp³-hybridized carbons (Fsp3) is 0.471. The summed E-state index contributed by atoms with van der Waals surface area (Å²) in [5, 5.41) is 0. The van der Waals surface area contributed by atoms with E-state index < -0.39 is 18.1 Å². The molecule has 1 aliphatic rings. The average Bonchev–Trinajstić information content (AvgIpc) is 3.07. The lowest BCUT2D eigenvalue weighted by Gasteiger charge is -2.24. The molecule has 0 saturated carbocycles. The van der Waals surface area contributed by atoms with Crippen molar-refractivity contribution < 1.29 is 24.2 Å². The number of likely N-dealkylation sites (tertiary alicyclic amines) is 1. The summed E-state index contributed by atoms with van der Waals surface area (Å²) in [5.74, 6) is -0.790. The van der Waals surface area contributed by atoms with E-state index in [4.69, 9.17) is 0 Å². The third-order valence-corrected chi connectivity index (χ3v) is 3.88. The standard InChI is InChI=1S/C17H22N2O5/c1-18(2)16(21)14-9-6-12-19(14)17(22)24-23-15(20)11-10-13-7-4-3-5-8-13/h3-5,7-8,14H,6,9-12H2,1-2H3/t14-/m1/s1. The third-order valence-electron chi connectivity index (χ3n) is 3.88. The summed E-state index contributed by atoms with van der Waals surface area (Å²) in [6.45, 7) is 0.407. The molecule has 0 radical (unpaired) electrons. The van der Waals surface area contributed by atoms with Gasteiger partial charge in [0.2, 0.25) is 5.91 Å². The molecule has 24 heavy (non-hydrogen) atoms. The number of benzene rings is 1. The first-order chi connectivity index (χ1) is 11.5. The minimum absolute atomic E-state index is 0.108. The third kappa shape index (κ3) is 4.71. The quantitative estimate of drug-likeness (QED) is 0.619. The number of hydrogen-bond donors (Lipinski definition) is 0. The summed E-state index contributed by atoms with van der Waals surface area (Å²) in [7, 11) is 3.27. The maximum atomic E-state index is 12.0. The molecule has 0 unspecified atom stereocenters. The lowest BCUT2D eigenvalue weighted by Crippen LogP contribution is -2.45. The zero-order valence-corrected chi connectivity index (χ0v) is 13.9. The first-order valence-corrected chi connectivity index (χ1v) is 7.92. The number of amides is 2. The van der Waals surface area contributed by atoms with Crippen LogP contribution in [0.1, 0.15) is 24.8 Å². The highest BCUT2D eigenvalue weighted by molar-refractivity contribution is 5.86. The summed E-state index contributed by atoms with van der Waals surface area (Å²) in [6, 6.07) is 8.91. The van der Waals surface area contributed by atoms with Crippen LogP contribution in [0.3, 0.4) is 0 Å². The minimum Gasteiger partial charge on any atom is -0.347 e. The lowest BCUT2D eigenvalue weighted by molar-refractivity contribution is -0.237. The molecule has 7 heteroatoms. The van der Waals surface area contributed by atoms with Crippen LogP contribution in [0, 0.1) is 0 Å². The molecule has 1 aromatic rings. The van der Waals surface area contributed by atoms with Crippen LogP contribution in [0.4, 0.5) is 4.79 Å². The molecular formula is C17H22N2O5. The summed E-state index contributed by atoms with van der Waals surface area (Å²) in [5.41, 5.74) is 0.997. The minimum atomic E-state index is -0.805. The van der Waals surface area contributed by atoms with Crippen molar-refractivity contribution in [2.75, 3.05) is 20.6 Å². The van der Waals surface area contributed by atoms with Crippen molar-refractivity contribution in [2.24, 2.45) is 0 Å². The first kappa shape index (κ1) is 17.8. The number of hydrogen-bond acceptors (Lipinski definition) is 5. The van der Waals surface area contributed by atoms with Crippen molar-refractivity contribution in [3.8, 4) is 0 Å². The van der Waals surface area contributed by atoms with E-state index in [1.807, 2.05) is 30.3 Å². The maximum Gasteiger partial charge on any atom is 0.453 e. The van der Waals surface area contributed by atoms with Crippen molar-refractivity contribution in [1.29, 1.82) is 0 Å². The van der Waals surface area contributed by atoms with Gasteiger partial charge < -0.3 is 4.90 Å². The van der Waals surface area contributed by atoms with Crippen LogP contribution < -0.4 is 0 Å². The Bertz CT molecular complexity index is 588. The number of nitrogens with zero attached hydrogens (tertiary/aromatic N) is 2. The van der Waals surface area contributed by atoms with E-state index in [-0.39, 0.29) is 12.3 Å². The molecule has 0 aromatic heterocycles. The van der Waals surface area contributed by atoms with Crippen LogP contribution >= 0.6 is 0 Å². The van der Waals surface area contributed by atoms with Crippen LogP contribution in [-0.2, 0) is 25.8 Å². The van der Waals surface area contributed by atoms with Crippen LogP contribution in [0.5, 0.6) is 0 Å². The van der Waals surface area contributed by atoms with Crippen LogP contribution in [0.15, 0.2) is 30.3 Å². The van der Waals surface area contributed by atoms with E-state index in [0.717, 1.165) is 5.56 Å². The van der Waals surface area contributed by atoms with Crippen molar-refractivity contribution >= 4 is 18.0 Å². The maximum absolute atomic E-state index is 12.0. The lowest BCUT2D eigenvalue weighted by atomic mass is 10.1. The highest BCUT2D eigenvalue weighted by Crippen LogP contribution is 2.20. The number of carbonyl (C=O) groups is 3. The van der Waals surface area contributed by atoms with Gasteiger partial charge in [0, 0.05) is 20.6 Å². The molecule has 0 N–H and O–H groups in total. The van der Waals surface area contributed by atoms with Gasteiger partial charge in [-0.3, -0.25) is 9.69 Å². The molecule has 2 amide bonds. The molecule has 7 nitrogen and oxygen atoms in total. The molecule has 0 spiro atoms. The SMILES string of the molecule is CN(C)C(=O)[C@H]1CCCN1C(=O)OOC(=O)CCc1ccccc1. The molecular weight excluding hydrogens is 312 g/mol. The van der Waals surface area contributed by atoms with Gasteiger partial charge in [0.05, 0.1) is 6.42 Å². The van der Waals surface area contributed by atoms with Gasteiger partial charge in [-0.2, -0.15) is 0 Å². The normalized spacial score (nSPS) is 16.6. The van der Waals surface area contributed by atoms with Gasteiger partial charge in [0.1, 0.15) is 6.04 Å². The van der Waals surface area contributed by atoms with E-state index in [1.165, 1.54) is 9.80 Å². The van der Waals surface area contributed by atoms with Gasteiger partial charge in [0.15, 0.2) is 0 Å². The second kappa shape index (κ2) is 8.33. The molecule has 0 aliphatic carbocycles. The van der Waals surface area contributed by atoms with E-state index in [9.17, 15) is 14.4 Å². The Hall–Kier alpha value is -2.57. The Labute approximate surface area is 141 Å².